The average Bonchev–Trinajstić information content (AvgIpc) is 1.72. The van der Waals surface area contributed by atoms with Crippen molar-refractivity contribution in [1.29, 1.82) is 0 Å². The normalized spacial score (nSPS) is 10.7. The van der Waals surface area contributed by atoms with Crippen molar-refractivity contribution in [1.82, 2.24) is 0 Å². The van der Waals surface area contributed by atoms with Crippen molar-refractivity contribution in [3.63, 3.8) is 0 Å². The molecule has 0 saturated heterocycles. The minimum Gasteiger partial charge on any atom is -0.296 e. The molecule has 0 N–H and O–H groups in total. The van der Waals surface area contributed by atoms with Gasteiger partial charge < -0.3 is 0 Å². The van der Waals surface area contributed by atoms with Crippen LogP contribution in [0, 0.1) is 0 Å². The van der Waals surface area contributed by atoms with Gasteiger partial charge in [-0.1, -0.05) is 7.87 Å². The summed E-state index contributed by atoms with van der Waals surface area (Å²) in [5.74, 6) is 1.96. The third kappa shape index (κ3) is 0.965. The van der Waals surface area contributed by atoms with Crippen LogP contribution in [0.25, 0.3) is 0 Å². The highest BCUT2D eigenvalue weighted by molar-refractivity contribution is 7.86. The SMILES string of the molecule is c1c[pH][pH]oo1. The van der Waals surface area contributed by atoms with Gasteiger partial charge in [-0.2, -0.15) is 0 Å². The lowest BCUT2D eigenvalue weighted by atomic mass is 11.1. The molecule has 0 aliphatic rings. The van der Waals surface area contributed by atoms with Crippen molar-refractivity contribution in [2.75, 3.05) is 0 Å². The van der Waals surface area contributed by atoms with Crippen LogP contribution in [0.2, 0.25) is 0 Å². The van der Waals surface area contributed by atoms with Crippen LogP contribution in [0.1, 0.15) is 0 Å². The molecule has 2 nitrogen and oxygen atoms in total. The fraction of sp³-hybridized carbons (Fsp3) is 0. The predicted octanol–water partition coefficient (Wildman–Crippen LogP) is 2.06. The van der Waals surface area contributed by atoms with Crippen LogP contribution >= 0.6 is 16.0 Å². The molecule has 0 bridgehead atoms. The summed E-state index contributed by atoms with van der Waals surface area (Å²) in [5.41, 5.74) is 0. The largest absolute Gasteiger partial charge is 0.296 e. The van der Waals surface area contributed by atoms with E-state index in [0.717, 1.165) is 7.87 Å². The molecule has 6 heavy (non-hydrogen) atoms. The summed E-state index contributed by atoms with van der Waals surface area (Å²) < 4.78 is 8.93. The summed E-state index contributed by atoms with van der Waals surface area (Å²) in [5, 5.41) is 0. The Morgan fingerprint density at radius 1 is 1.50 bits per heavy atom. The van der Waals surface area contributed by atoms with E-state index in [1.165, 1.54) is 0 Å². The molecule has 0 aliphatic heterocycles. The molecule has 0 amide bonds. The second-order valence-electron chi connectivity index (χ2n) is 0.729. The highest BCUT2D eigenvalue weighted by Gasteiger charge is 1.59. The zero-order chi connectivity index (χ0) is 4.24. The van der Waals surface area contributed by atoms with E-state index < -0.39 is 0 Å². The van der Waals surface area contributed by atoms with Gasteiger partial charge in [0.1, 0.15) is 6.26 Å². The van der Waals surface area contributed by atoms with E-state index in [9.17, 15) is 0 Å². The van der Waals surface area contributed by atoms with E-state index in [-0.39, 0.29) is 0 Å². The molecule has 0 saturated carbocycles. The zero-order valence-electron chi connectivity index (χ0n) is 2.97. The smallest absolute Gasteiger partial charge is 0.147 e. The topological polar surface area (TPSA) is 26.3 Å². The molecule has 2 unspecified atom stereocenters. The zero-order valence-corrected chi connectivity index (χ0v) is 4.97. The van der Waals surface area contributed by atoms with Crippen LogP contribution < -0.4 is 0 Å². The van der Waals surface area contributed by atoms with Gasteiger partial charge in [0.25, 0.3) is 0 Å². The van der Waals surface area contributed by atoms with Gasteiger partial charge in [0.2, 0.25) is 0 Å². The van der Waals surface area contributed by atoms with Crippen LogP contribution in [0.5, 0.6) is 0 Å². The number of hydrogen-bond acceptors (Lipinski definition) is 2. The minimum absolute atomic E-state index is 0.520. The maximum atomic E-state index is 4.52. The Bertz CT molecular complexity index is 81.5. The Morgan fingerprint density at radius 3 is 2.67 bits per heavy atom. The molecule has 2 atom stereocenters. The highest BCUT2D eigenvalue weighted by atomic mass is 31.8. The van der Waals surface area contributed by atoms with Crippen LogP contribution in [0.4, 0.5) is 0 Å². The summed E-state index contributed by atoms with van der Waals surface area (Å²) in [6.45, 7) is 0. The lowest BCUT2D eigenvalue weighted by Crippen LogP contribution is -1.33. The Balaban J connectivity index is 3.00. The van der Waals surface area contributed by atoms with Gasteiger partial charge in [-0.3, -0.25) is 8.93 Å². The van der Waals surface area contributed by atoms with E-state index in [4.69, 9.17) is 0 Å². The van der Waals surface area contributed by atoms with Crippen molar-refractivity contribution in [2.24, 2.45) is 0 Å². The molecule has 1 aromatic heterocycles. The molecule has 0 radical (unpaired) electrons. The summed E-state index contributed by atoms with van der Waals surface area (Å²) in [7, 11) is 1.32. The van der Waals surface area contributed by atoms with E-state index in [1.807, 2.05) is 5.80 Å². The molecule has 4 heteroatoms. The fourth-order valence-electron chi connectivity index (χ4n) is 0.172. The Hall–Kier alpha value is -0.0600. The first-order chi connectivity index (χ1) is 3.00. The molecule has 34 valence electrons. The predicted molar refractivity (Wildman–Crippen MR) is 27.6 cm³/mol. The van der Waals surface area contributed by atoms with Gasteiger partial charge in [-0.25, -0.2) is 0 Å². The second-order valence-corrected chi connectivity index (χ2v) is 3.20. The van der Waals surface area contributed by atoms with Crippen LogP contribution in [-0.2, 0) is 0 Å². The third-order valence-corrected chi connectivity index (χ3v) is 2.06. The Kier molecular flexibility index (Phi) is 1.49. The standard InChI is InChI=1S/C2H4O2P2/c1-2-5-6-4-3-1/h1-2,5-6H. The molecule has 1 heterocycles. The van der Waals surface area contributed by atoms with Crippen molar-refractivity contribution in [3.05, 3.63) is 12.1 Å². The lowest BCUT2D eigenvalue weighted by molar-refractivity contribution is 0.101. The van der Waals surface area contributed by atoms with Gasteiger partial charge in [-0.05, 0) is 0 Å². The third-order valence-electron chi connectivity index (χ3n) is 0.356. The average molecular weight is 122 g/mol. The van der Waals surface area contributed by atoms with Crippen molar-refractivity contribution >= 4 is 16.0 Å². The fourth-order valence-corrected chi connectivity index (χ4v) is 1.21. The van der Waals surface area contributed by atoms with E-state index >= 15 is 0 Å². The molecule has 1 rings (SSSR count). The molecule has 1 aromatic rings. The molecular weight excluding hydrogens is 118 g/mol. The maximum Gasteiger partial charge on any atom is 0.147 e. The van der Waals surface area contributed by atoms with Crippen LogP contribution in [0.15, 0.2) is 21.0 Å². The van der Waals surface area contributed by atoms with E-state index in [0.29, 0.717) is 8.11 Å². The van der Waals surface area contributed by atoms with Crippen molar-refractivity contribution in [3.8, 4) is 0 Å². The maximum absolute atomic E-state index is 4.52. The van der Waals surface area contributed by atoms with Gasteiger partial charge in [-0.15, -0.1) is 0 Å². The first-order valence-corrected chi connectivity index (χ1v) is 4.46. The number of rotatable bonds is 0. The molecular formula is C2H4O2P2. The molecule has 0 fully saturated rings. The van der Waals surface area contributed by atoms with Gasteiger partial charge in [0.05, 0.1) is 8.11 Å². The Labute approximate surface area is 37.9 Å². The summed E-state index contributed by atoms with van der Waals surface area (Å²) in [6, 6.07) is 0. The van der Waals surface area contributed by atoms with Crippen LogP contribution in [-0.4, -0.2) is 0 Å². The molecule has 0 aromatic carbocycles. The van der Waals surface area contributed by atoms with E-state index in [1.54, 1.807) is 6.26 Å². The van der Waals surface area contributed by atoms with Crippen molar-refractivity contribution in [2.45, 2.75) is 0 Å². The van der Waals surface area contributed by atoms with Crippen LogP contribution in [0.3, 0.4) is 0 Å². The Morgan fingerprint density at radius 2 is 2.50 bits per heavy atom. The summed E-state index contributed by atoms with van der Waals surface area (Å²) in [4.78, 5) is 0. The van der Waals surface area contributed by atoms with Crippen molar-refractivity contribution < 1.29 is 8.93 Å². The van der Waals surface area contributed by atoms with Gasteiger partial charge >= 0.3 is 0 Å². The lowest BCUT2D eigenvalue weighted by Gasteiger charge is -1.72. The molecule has 0 aliphatic carbocycles. The minimum atomic E-state index is 0.520. The van der Waals surface area contributed by atoms with E-state index in [2.05, 4.69) is 8.93 Å². The van der Waals surface area contributed by atoms with Gasteiger partial charge in [0, 0.05) is 5.80 Å². The van der Waals surface area contributed by atoms with Gasteiger partial charge in [0.15, 0.2) is 0 Å². The first kappa shape index (κ1) is 4.11. The number of hydrogen-bond donors (Lipinski definition) is 0. The summed E-state index contributed by atoms with van der Waals surface area (Å²) in [6.07, 6.45) is 1.56. The highest BCUT2D eigenvalue weighted by Crippen LogP contribution is 2.15. The monoisotopic (exact) mass is 122 g/mol. The first-order valence-electron chi connectivity index (χ1n) is 1.48. The second kappa shape index (κ2) is 2.17. The molecule has 0 spiro atoms. The quantitative estimate of drug-likeness (QED) is 0.492. The summed E-state index contributed by atoms with van der Waals surface area (Å²) >= 11 is 0.